The highest BCUT2D eigenvalue weighted by Crippen LogP contribution is 2.19. The van der Waals surface area contributed by atoms with Crippen molar-refractivity contribution in [3.05, 3.63) is 72.8 Å². The van der Waals surface area contributed by atoms with Gasteiger partial charge in [0.15, 0.2) is 0 Å². The Balaban J connectivity index is 2.37. The molecule has 0 N–H and O–H groups in total. The van der Waals surface area contributed by atoms with Crippen LogP contribution in [0.3, 0.4) is 0 Å². The van der Waals surface area contributed by atoms with Gasteiger partial charge in [0.05, 0.1) is 0 Å². The van der Waals surface area contributed by atoms with Crippen molar-refractivity contribution in [1.82, 2.24) is 0 Å². The molecule has 0 spiro atoms. The Morgan fingerprint density at radius 2 is 1.80 bits per heavy atom. The fourth-order valence-corrected chi connectivity index (χ4v) is 1.58. The molecule has 0 saturated carbocycles. The van der Waals surface area contributed by atoms with Gasteiger partial charge in [0, 0.05) is 0 Å². The number of benzene rings is 2. The van der Waals surface area contributed by atoms with Crippen LogP contribution in [0.1, 0.15) is 5.56 Å². The fourth-order valence-electron chi connectivity index (χ4n) is 1.58. The minimum Gasteiger partial charge on any atom is -0.103 e. The van der Waals surface area contributed by atoms with Gasteiger partial charge in [-0.15, -0.1) is 6.58 Å². The monoisotopic (exact) mass is 193 g/mol. The summed E-state index contributed by atoms with van der Waals surface area (Å²) in [6.45, 7) is 3.74. The van der Waals surface area contributed by atoms with Crippen molar-refractivity contribution in [2.45, 2.75) is 6.42 Å². The molecule has 0 bridgehead atoms. The molecule has 1 radical (unpaired) electrons. The molecule has 0 aliphatic heterocycles. The Morgan fingerprint density at radius 3 is 2.53 bits per heavy atom. The first-order valence-corrected chi connectivity index (χ1v) is 5.07. The second kappa shape index (κ2) is 4.61. The van der Waals surface area contributed by atoms with E-state index >= 15 is 0 Å². The zero-order chi connectivity index (χ0) is 10.5. The second-order valence-corrected chi connectivity index (χ2v) is 3.45. The molecule has 15 heavy (non-hydrogen) atoms. The Morgan fingerprint density at radius 1 is 1.00 bits per heavy atom. The molecule has 2 aromatic carbocycles. The molecule has 0 amide bonds. The van der Waals surface area contributed by atoms with Gasteiger partial charge in [0.1, 0.15) is 0 Å². The lowest BCUT2D eigenvalue weighted by atomic mass is 10.0. The minimum absolute atomic E-state index is 0.876. The summed E-state index contributed by atoms with van der Waals surface area (Å²) in [5.74, 6) is 0. The number of allylic oxidation sites excluding steroid dienone is 1. The van der Waals surface area contributed by atoms with Gasteiger partial charge in [0.25, 0.3) is 0 Å². The van der Waals surface area contributed by atoms with Crippen molar-refractivity contribution in [1.29, 1.82) is 0 Å². The first-order chi connectivity index (χ1) is 7.40. The third-order valence-corrected chi connectivity index (χ3v) is 2.30. The third-order valence-electron chi connectivity index (χ3n) is 2.30. The van der Waals surface area contributed by atoms with Crippen LogP contribution in [0.15, 0.2) is 61.2 Å². The predicted molar refractivity (Wildman–Crippen MR) is 64.6 cm³/mol. The highest BCUT2D eigenvalue weighted by Gasteiger charge is 1.97. The highest BCUT2D eigenvalue weighted by molar-refractivity contribution is 5.63. The van der Waals surface area contributed by atoms with Crippen LogP contribution in [0.25, 0.3) is 11.1 Å². The molecule has 0 heteroatoms. The van der Waals surface area contributed by atoms with E-state index in [0.717, 1.165) is 12.0 Å². The zero-order valence-electron chi connectivity index (χ0n) is 8.61. The van der Waals surface area contributed by atoms with Crippen molar-refractivity contribution in [3.8, 4) is 11.1 Å². The molecule has 0 nitrogen and oxygen atoms in total. The van der Waals surface area contributed by atoms with Crippen LogP contribution in [-0.2, 0) is 6.42 Å². The standard InChI is InChI=1S/C15H13/c1-2-7-13-8-6-11-15(12-13)14-9-4-3-5-10-14/h2-6,8-11H,1,7H2. The largest absolute Gasteiger partial charge is 0.103 e. The molecule has 2 rings (SSSR count). The normalized spacial score (nSPS) is 9.87. The maximum atomic E-state index is 3.74. The summed E-state index contributed by atoms with van der Waals surface area (Å²) in [4.78, 5) is 0. The van der Waals surface area contributed by atoms with Crippen LogP contribution in [-0.4, -0.2) is 0 Å². The van der Waals surface area contributed by atoms with Gasteiger partial charge >= 0.3 is 0 Å². The van der Waals surface area contributed by atoms with Crippen molar-refractivity contribution < 1.29 is 0 Å². The van der Waals surface area contributed by atoms with Crippen molar-refractivity contribution in [2.24, 2.45) is 0 Å². The summed E-state index contributed by atoms with van der Waals surface area (Å²) in [5.41, 5.74) is 3.55. The number of rotatable bonds is 3. The summed E-state index contributed by atoms with van der Waals surface area (Å²) < 4.78 is 0. The molecular weight excluding hydrogens is 180 g/mol. The van der Waals surface area contributed by atoms with E-state index in [1.807, 2.05) is 24.3 Å². The summed E-state index contributed by atoms with van der Waals surface area (Å²) in [7, 11) is 0. The average Bonchev–Trinajstić information content (AvgIpc) is 2.31. The number of hydrogen-bond donors (Lipinski definition) is 0. The third kappa shape index (κ3) is 2.35. The van der Waals surface area contributed by atoms with Gasteiger partial charge in [-0.25, -0.2) is 0 Å². The lowest BCUT2D eigenvalue weighted by molar-refractivity contribution is 1.27. The van der Waals surface area contributed by atoms with Gasteiger partial charge in [-0.3, -0.25) is 0 Å². The zero-order valence-corrected chi connectivity index (χ0v) is 8.61. The van der Waals surface area contributed by atoms with E-state index in [9.17, 15) is 0 Å². The molecule has 0 aliphatic rings. The van der Waals surface area contributed by atoms with E-state index in [-0.39, 0.29) is 0 Å². The molecule has 0 atom stereocenters. The molecule has 0 aliphatic carbocycles. The van der Waals surface area contributed by atoms with Crippen molar-refractivity contribution in [3.63, 3.8) is 0 Å². The van der Waals surface area contributed by atoms with Crippen LogP contribution >= 0.6 is 0 Å². The van der Waals surface area contributed by atoms with E-state index in [2.05, 4.69) is 43.0 Å². The van der Waals surface area contributed by atoms with Crippen LogP contribution in [0.4, 0.5) is 0 Å². The smallest absolute Gasteiger partial charge is 0.00610 e. The predicted octanol–water partition coefficient (Wildman–Crippen LogP) is 3.88. The molecule has 0 heterocycles. The first kappa shape index (κ1) is 9.72. The van der Waals surface area contributed by atoms with Crippen LogP contribution in [0.5, 0.6) is 0 Å². The van der Waals surface area contributed by atoms with E-state index < -0.39 is 0 Å². The summed E-state index contributed by atoms with van der Waals surface area (Å²) >= 11 is 0. The molecule has 0 saturated heterocycles. The summed E-state index contributed by atoms with van der Waals surface area (Å²) in [5, 5.41) is 0. The van der Waals surface area contributed by atoms with Gasteiger partial charge in [-0.1, -0.05) is 54.6 Å². The maximum absolute atomic E-state index is 3.74. The van der Waals surface area contributed by atoms with Crippen LogP contribution in [0.2, 0.25) is 0 Å². The Bertz CT molecular complexity index is 441. The Hall–Kier alpha value is -1.82. The lowest BCUT2D eigenvalue weighted by Gasteiger charge is -2.02. The second-order valence-electron chi connectivity index (χ2n) is 3.45. The van der Waals surface area contributed by atoms with E-state index in [4.69, 9.17) is 0 Å². The van der Waals surface area contributed by atoms with Crippen LogP contribution in [0, 0.1) is 6.07 Å². The Kier molecular flexibility index (Phi) is 2.99. The van der Waals surface area contributed by atoms with Gasteiger partial charge < -0.3 is 0 Å². The minimum atomic E-state index is 0.876. The molecule has 0 fully saturated rings. The van der Waals surface area contributed by atoms with Gasteiger partial charge in [-0.2, -0.15) is 0 Å². The highest BCUT2D eigenvalue weighted by atomic mass is 14.0. The molecule has 2 aromatic rings. The van der Waals surface area contributed by atoms with E-state index in [1.165, 1.54) is 11.1 Å². The average molecular weight is 193 g/mol. The van der Waals surface area contributed by atoms with Crippen molar-refractivity contribution >= 4 is 0 Å². The van der Waals surface area contributed by atoms with E-state index in [1.54, 1.807) is 0 Å². The quantitative estimate of drug-likeness (QED) is 0.649. The topological polar surface area (TPSA) is 0 Å². The van der Waals surface area contributed by atoms with Gasteiger partial charge in [0.2, 0.25) is 0 Å². The first-order valence-electron chi connectivity index (χ1n) is 5.07. The van der Waals surface area contributed by atoms with Crippen molar-refractivity contribution in [2.75, 3.05) is 0 Å². The molecular formula is C15H13. The summed E-state index contributed by atoms with van der Waals surface area (Å²) in [6.07, 6.45) is 2.78. The molecule has 73 valence electrons. The Labute approximate surface area is 90.9 Å². The number of hydrogen-bond acceptors (Lipinski definition) is 0. The lowest BCUT2D eigenvalue weighted by Crippen LogP contribution is -1.83. The molecule has 0 unspecified atom stereocenters. The molecule has 0 aromatic heterocycles. The van der Waals surface area contributed by atoms with Gasteiger partial charge in [-0.05, 0) is 29.2 Å². The SMILES string of the molecule is C=CCc1[c]c(-c2ccccc2)ccc1. The maximum Gasteiger partial charge on any atom is -0.00610 e. The van der Waals surface area contributed by atoms with E-state index in [0.29, 0.717) is 0 Å². The fraction of sp³-hybridized carbons (Fsp3) is 0.0667. The summed E-state index contributed by atoms with van der Waals surface area (Å²) in [6, 6.07) is 19.9. The van der Waals surface area contributed by atoms with Crippen LogP contribution < -0.4 is 0 Å².